The minimum Gasteiger partial charge on any atom is -0.390 e. The Morgan fingerprint density at radius 2 is 2.00 bits per heavy atom. The fourth-order valence-electron chi connectivity index (χ4n) is 6.49. The van der Waals surface area contributed by atoms with Crippen LogP contribution in [0.5, 0.6) is 0 Å². The highest BCUT2D eigenvalue weighted by molar-refractivity contribution is 6.33. The van der Waals surface area contributed by atoms with Crippen LogP contribution in [0.2, 0.25) is 5.02 Å². The topological polar surface area (TPSA) is 69.6 Å². The summed E-state index contributed by atoms with van der Waals surface area (Å²) in [5, 5.41) is 14.3. The van der Waals surface area contributed by atoms with Crippen LogP contribution in [0.15, 0.2) is 12.1 Å². The lowest BCUT2D eigenvalue weighted by Gasteiger charge is -2.59. The second-order valence-electron chi connectivity index (χ2n) is 9.59. The van der Waals surface area contributed by atoms with Crippen LogP contribution in [0.3, 0.4) is 0 Å². The molecule has 1 aromatic rings. The van der Waals surface area contributed by atoms with Crippen LogP contribution in [0, 0.1) is 18.8 Å². The SMILES string of the molecule is Cc1ccc2c(c1Cl)C(C(C)CC(=O)N1C3CC4CC1CC(O)(C4)C3)C(=O)N2. The van der Waals surface area contributed by atoms with Gasteiger partial charge in [0.25, 0.3) is 0 Å². The number of carbonyl (C=O) groups excluding carboxylic acids is 2. The van der Waals surface area contributed by atoms with Crippen molar-refractivity contribution in [1.29, 1.82) is 0 Å². The Labute approximate surface area is 170 Å². The summed E-state index contributed by atoms with van der Waals surface area (Å²) in [7, 11) is 0. The zero-order valence-electron chi connectivity index (χ0n) is 16.4. The van der Waals surface area contributed by atoms with Gasteiger partial charge in [-0.2, -0.15) is 0 Å². The molecule has 3 heterocycles. The molecule has 2 N–H and O–H groups in total. The van der Waals surface area contributed by atoms with Gasteiger partial charge in [-0.05, 0) is 62.5 Å². The summed E-state index contributed by atoms with van der Waals surface area (Å²) in [5.74, 6) is 0.0762. The number of nitrogens with zero attached hydrogens (tertiary/aromatic N) is 1. The van der Waals surface area contributed by atoms with Crippen LogP contribution < -0.4 is 5.32 Å². The highest BCUT2D eigenvalue weighted by Crippen LogP contribution is 2.52. The largest absolute Gasteiger partial charge is 0.390 e. The second kappa shape index (κ2) is 6.20. The summed E-state index contributed by atoms with van der Waals surface area (Å²) < 4.78 is 0. The van der Waals surface area contributed by atoms with E-state index < -0.39 is 11.5 Å². The van der Waals surface area contributed by atoms with Crippen molar-refractivity contribution in [2.24, 2.45) is 11.8 Å². The predicted octanol–water partition coefficient (Wildman–Crippen LogP) is 3.61. The number of aliphatic hydroxyl groups is 1. The fraction of sp³-hybridized carbons (Fsp3) is 0.636. The van der Waals surface area contributed by atoms with Gasteiger partial charge in [0.2, 0.25) is 11.8 Å². The first-order valence-corrected chi connectivity index (χ1v) is 10.8. The smallest absolute Gasteiger partial charge is 0.232 e. The molecule has 0 spiro atoms. The summed E-state index contributed by atoms with van der Waals surface area (Å²) in [6, 6.07) is 4.12. The molecule has 3 aliphatic heterocycles. The quantitative estimate of drug-likeness (QED) is 0.811. The van der Waals surface area contributed by atoms with E-state index in [1.807, 2.05) is 30.9 Å². The maximum Gasteiger partial charge on any atom is 0.232 e. The van der Waals surface area contributed by atoms with Crippen molar-refractivity contribution in [3.05, 3.63) is 28.3 Å². The van der Waals surface area contributed by atoms with Gasteiger partial charge in [0.05, 0.1) is 11.5 Å². The van der Waals surface area contributed by atoms with Gasteiger partial charge in [0.15, 0.2) is 0 Å². The summed E-state index contributed by atoms with van der Waals surface area (Å²) in [5.41, 5.74) is 1.98. The number of hydrogen-bond acceptors (Lipinski definition) is 3. The van der Waals surface area contributed by atoms with Crippen molar-refractivity contribution < 1.29 is 14.7 Å². The van der Waals surface area contributed by atoms with E-state index in [2.05, 4.69) is 5.32 Å². The molecule has 0 aromatic heterocycles. The van der Waals surface area contributed by atoms with Crippen LogP contribution in [-0.4, -0.2) is 39.5 Å². The number of fused-ring (bicyclic) bond motifs is 1. The summed E-state index contributed by atoms with van der Waals surface area (Å²) in [4.78, 5) is 28.0. The Morgan fingerprint density at radius 3 is 2.64 bits per heavy atom. The highest BCUT2D eigenvalue weighted by Gasteiger charge is 2.55. The van der Waals surface area contributed by atoms with Crippen molar-refractivity contribution in [3.63, 3.8) is 0 Å². The van der Waals surface area contributed by atoms with Gasteiger partial charge < -0.3 is 15.3 Å². The van der Waals surface area contributed by atoms with E-state index in [0.29, 0.717) is 30.2 Å². The van der Waals surface area contributed by atoms with Crippen molar-refractivity contribution in [1.82, 2.24) is 4.90 Å². The van der Waals surface area contributed by atoms with Crippen LogP contribution >= 0.6 is 11.6 Å². The number of aryl methyl sites for hydroxylation is 1. The Hall–Kier alpha value is -1.59. The molecule has 4 fully saturated rings. The van der Waals surface area contributed by atoms with Gasteiger partial charge in [0.1, 0.15) is 0 Å². The van der Waals surface area contributed by atoms with E-state index in [-0.39, 0.29) is 29.8 Å². The molecule has 6 heteroatoms. The van der Waals surface area contributed by atoms with E-state index in [1.165, 1.54) is 0 Å². The third-order valence-corrected chi connectivity index (χ3v) is 7.98. The van der Waals surface area contributed by atoms with Gasteiger partial charge >= 0.3 is 0 Å². The lowest BCUT2D eigenvalue weighted by molar-refractivity contribution is -0.175. The monoisotopic (exact) mass is 402 g/mol. The standard InChI is InChI=1S/C22H27ClN2O3/c1-11-3-4-16-19(20(11)23)18(21(27)24-16)12(2)5-17(26)25-14-6-13-7-15(25)10-22(28,8-13)9-14/h3-4,12-15,18,28H,5-10H2,1-2H3,(H,24,27). The molecule has 6 rings (SSSR count). The number of hydrogen-bond donors (Lipinski definition) is 2. The van der Waals surface area contributed by atoms with Crippen LogP contribution in [0.1, 0.15) is 62.5 Å². The first-order chi connectivity index (χ1) is 13.3. The average Bonchev–Trinajstić information content (AvgIpc) is 2.93. The first-order valence-electron chi connectivity index (χ1n) is 10.4. The van der Waals surface area contributed by atoms with E-state index in [1.54, 1.807) is 0 Å². The molecular weight excluding hydrogens is 376 g/mol. The Morgan fingerprint density at radius 1 is 1.32 bits per heavy atom. The lowest BCUT2D eigenvalue weighted by Crippen LogP contribution is -2.65. The Kier molecular flexibility index (Phi) is 4.08. The number of benzene rings is 1. The van der Waals surface area contributed by atoms with Crippen LogP contribution in [-0.2, 0) is 9.59 Å². The molecule has 2 saturated carbocycles. The molecule has 5 aliphatic rings. The van der Waals surface area contributed by atoms with E-state index in [0.717, 1.165) is 36.1 Å². The zero-order chi connectivity index (χ0) is 19.8. The van der Waals surface area contributed by atoms with Gasteiger partial charge in [0, 0.05) is 34.8 Å². The third kappa shape index (κ3) is 2.70. The maximum absolute atomic E-state index is 13.3. The Bertz CT molecular complexity index is 854. The van der Waals surface area contributed by atoms with E-state index in [9.17, 15) is 14.7 Å². The molecule has 4 unspecified atom stereocenters. The van der Waals surface area contributed by atoms with Crippen LogP contribution in [0.4, 0.5) is 5.69 Å². The molecule has 2 amide bonds. The minimum atomic E-state index is -0.561. The normalized spacial score (nSPS) is 36.4. The predicted molar refractivity (Wildman–Crippen MR) is 107 cm³/mol. The summed E-state index contributed by atoms with van der Waals surface area (Å²) >= 11 is 6.53. The second-order valence-corrected chi connectivity index (χ2v) is 9.97. The molecule has 0 radical (unpaired) electrons. The highest BCUT2D eigenvalue weighted by atomic mass is 35.5. The molecular formula is C22H27ClN2O3. The molecule has 4 atom stereocenters. The first kappa shape index (κ1) is 18.4. The number of halogens is 1. The molecule has 2 saturated heterocycles. The molecule has 150 valence electrons. The van der Waals surface area contributed by atoms with E-state index >= 15 is 0 Å². The average molecular weight is 403 g/mol. The van der Waals surface area contributed by atoms with Crippen LogP contribution in [0.25, 0.3) is 0 Å². The van der Waals surface area contributed by atoms with Crippen molar-refractivity contribution in [2.45, 2.75) is 76.0 Å². The van der Waals surface area contributed by atoms with Gasteiger partial charge in [-0.15, -0.1) is 0 Å². The molecule has 28 heavy (non-hydrogen) atoms. The zero-order valence-corrected chi connectivity index (χ0v) is 17.1. The van der Waals surface area contributed by atoms with Crippen molar-refractivity contribution in [2.75, 3.05) is 5.32 Å². The van der Waals surface area contributed by atoms with Gasteiger partial charge in [-0.1, -0.05) is 24.6 Å². The van der Waals surface area contributed by atoms with Gasteiger partial charge in [-0.3, -0.25) is 9.59 Å². The number of amides is 2. The summed E-state index contributed by atoms with van der Waals surface area (Å²) in [6.07, 6.45) is 4.66. The lowest BCUT2D eigenvalue weighted by atomic mass is 9.61. The maximum atomic E-state index is 13.3. The number of piperidine rings is 2. The van der Waals surface area contributed by atoms with Gasteiger partial charge in [-0.25, -0.2) is 0 Å². The van der Waals surface area contributed by atoms with E-state index in [4.69, 9.17) is 11.6 Å². The molecule has 2 aliphatic carbocycles. The molecule has 4 bridgehead atoms. The number of nitrogens with one attached hydrogen (secondary N) is 1. The Balaban J connectivity index is 1.36. The summed E-state index contributed by atoms with van der Waals surface area (Å²) in [6.45, 7) is 3.91. The van der Waals surface area contributed by atoms with Crippen molar-refractivity contribution >= 4 is 29.1 Å². The third-order valence-electron chi connectivity index (χ3n) is 7.48. The number of anilines is 1. The van der Waals surface area contributed by atoms with Crippen molar-refractivity contribution in [3.8, 4) is 0 Å². The molecule has 5 nitrogen and oxygen atoms in total. The minimum absolute atomic E-state index is 0.0720. The fourth-order valence-corrected chi connectivity index (χ4v) is 6.77. The number of carbonyl (C=O) groups is 2. The number of rotatable bonds is 3. The molecule has 1 aromatic carbocycles.